The maximum absolute atomic E-state index is 13.3. The van der Waals surface area contributed by atoms with Crippen LogP contribution < -0.4 is 10.1 Å². The first-order valence-electron chi connectivity index (χ1n) is 5.66. The number of carboxylic acid groups (broad SMARTS) is 1. The first-order valence-corrected chi connectivity index (χ1v) is 5.66. The van der Waals surface area contributed by atoms with Crippen molar-refractivity contribution >= 4 is 11.9 Å². The third-order valence-electron chi connectivity index (χ3n) is 2.43. The second-order valence-electron chi connectivity index (χ2n) is 4.70. The van der Waals surface area contributed by atoms with Crippen LogP contribution in [0.3, 0.4) is 0 Å². The topological polar surface area (TPSA) is 75.6 Å². The van der Waals surface area contributed by atoms with E-state index in [1.165, 1.54) is 26.0 Å². The number of hydrogen-bond acceptors (Lipinski definition) is 3. The van der Waals surface area contributed by atoms with Gasteiger partial charge in [0.15, 0.2) is 18.2 Å². The van der Waals surface area contributed by atoms with Gasteiger partial charge in [-0.05, 0) is 38.5 Å². The molecule has 0 saturated carbocycles. The van der Waals surface area contributed by atoms with Crippen LogP contribution in [0, 0.1) is 12.7 Å². The van der Waals surface area contributed by atoms with E-state index in [-0.39, 0.29) is 5.75 Å². The molecule has 0 heterocycles. The van der Waals surface area contributed by atoms with E-state index in [2.05, 4.69) is 5.32 Å². The maximum atomic E-state index is 13.3. The Balaban J connectivity index is 2.60. The van der Waals surface area contributed by atoms with Gasteiger partial charge in [-0.2, -0.15) is 0 Å². The van der Waals surface area contributed by atoms with E-state index in [1.54, 1.807) is 13.0 Å². The van der Waals surface area contributed by atoms with Crippen molar-refractivity contribution in [1.29, 1.82) is 0 Å². The molecular formula is C13H16FNO4. The van der Waals surface area contributed by atoms with Crippen LogP contribution in [0.5, 0.6) is 5.75 Å². The third kappa shape index (κ3) is 4.24. The predicted octanol–water partition coefficient (Wildman–Crippen LogP) is 1.49. The van der Waals surface area contributed by atoms with Crippen LogP contribution in [0.1, 0.15) is 19.4 Å². The number of ether oxygens (including phenoxy) is 1. The molecule has 1 amide bonds. The molecule has 0 unspecified atom stereocenters. The molecule has 0 saturated heterocycles. The lowest BCUT2D eigenvalue weighted by molar-refractivity contribution is -0.146. The van der Waals surface area contributed by atoms with Crippen LogP contribution in [0.25, 0.3) is 0 Å². The number of aryl methyl sites for hydroxylation is 1. The van der Waals surface area contributed by atoms with Gasteiger partial charge in [0.25, 0.3) is 5.91 Å². The zero-order chi connectivity index (χ0) is 14.6. The van der Waals surface area contributed by atoms with Crippen LogP contribution in [0.15, 0.2) is 18.2 Å². The van der Waals surface area contributed by atoms with E-state index >= 15 is 0 Å². The van der Waals surface area contributed by atoms with E-state index < -0.39 is 29.8 Å². The van der Waals surface area contributed by atoms with Crippen molar-refractivity contribution in [2.75, 3.05) is 6.61 Å². The minimum atomic E-state index is -1.40. The highest BCUT2D eigenvalue weighted by molar-refractivity contribution is 5.86. The molecule has 0 aromatic heterocycles. The van der Waals surface area contributed by atoms with Gasteiger partial charge >= 0.3 is 5.97 Å². The summed E-state index contributed by atoms with van der Waals surface area (Å²) in [4.78, 5) is 22.3. The molecule has 0 spiro atoms. The summed E-state index contributed by atoms with van der Waals surface area (Å²) in [7, 11) is 0. The number of carbonyl (C=O) groups is 2. The minimum Gasteiger partial charge on any atom is -0.481 e. The Kier molecular flexibility index (Phi) is 4.47. The molecule has 1 rings (SSSR count). The first-order chi connectivity index (χ1) is 8.72. The van der Waals surface area contributed by atoms with Crippen molar-refractivity contribution in [2.45, 2.75) is 26.3 Å². The van der Waals surface area contributed by atoms with Gasteiger partial charge in [0, 0.05) is 0 Å². The van der Waals surface area contributed by atoms with Gasteiger partial charge in [0.1, 0.15) is 5.54 Å². The standard InChI is InChI=1S/C13H16FNO4/c1-8-4-5-9(14)10(6-8)19-7-11(16)15-13(2,3)12(17)18/h4-6H,7H2,1-3H3,(H,15,16)(H,17,18). The Morgan fingerprint density at radius 1 is 1.42 bits per heavy atom. The fraction of sp³-hybridized carbons (Fsp3) is 0.385. The lowest BCUT2D eigenvalue weighted by atomic mass is 10.1. The Morgan fingerprint density at radius 3 is 2.63 bits per heavy atom. The van der Waals surface area contributed by atoms with Gasteiger partial charge in [0.05, 0.1) is 0 Å². The summed E-state index contributed by atoms with van der Waals surface area (Å²) in [6.45, 7) is 4.01. The largest absolute Gasteiger partial charge is 0.481 e. The average Bonchev–Trinajstić information content (AvgIpc) is 2.29. The molecule has 5 nitrogen and oxygen atoms in total. The van der Waals surface area contributed by atoms with Crippen molar-refractivity contribution < 1.29 is 23.8 Å². The molecule has 0 radical (unpaired) electrons. The number of hydrogen-bond donors (Lipinski definition) is 2. The highest BCUT2D eigenvalue weighted by Crippen LogP contribution is 2.18. The van der Waals surface area contributed by atoms with Crippen molar-refractivity contribution in [1.82, 2.24) is 5.32 Å². The monoisotopic (exact) mass is 269 g/mol. The smallest absolute Gasteiger partial charge is 0.328 e. The van der Waals surface area contributed by atoms with Crippen molar-refractivity contribution in [3.8, 4) is 5.75 Å². The molecule has 19 heavy (non-hydrogen) atoms. The summed E-state index contributed by atoms with van der Waals surface area (Å²) in [5.74, 6) is -2.41. The molecule has 1 aromatic rings. The Morgan fingerprint density at radius 2 is 2.05 bits per heavy atom. The van der Waals surface area contributed by atoms with E-state index in [1.807, 2.05) is 0 Å². The van der Waals surface area contributed by atoms with Crippen LogP contribution in [-0.2, 0) is 9.59 Å². The van der Waals surface area contributed by atoms with E-state index in [9.17, 15) is 14.0 Å². The second-order valence-corrected chi connectivity index (χ2v) is 4.70. The van der Waals surface area contributed by atoms with Gasteiger partial charge < -0.3 is 15.2 Å². The predicted molar refractivity (Wildman–Crippen MR) is 66.5 cm³/mol. The zero-order valence-corrected chi connectivity index (χ0v) is 11.0. The molecule has 0 aliphatic carbocycles. The molecule has 2 N–H and O–H groups in total. The summed E-state index contributed by atoms with van der Waals surface area (Å²) < 4.78 is 18.4. The fourth-order valence-corrected chi connectivity index (χ4v) is 1.30. The van der Waals surface area contributed by atoms with E-state index in [0.29, 0.717) is 0 Å². The van der Waals surface area contributed by atoms with E-state index in [4.69, 9.17) is 9.84 Å². The summed E-state index contributed by atoms with van der Waals surface area (Å²) in [5, 5.41) is 11.1. The molecule has 1 aromatic carbocycles. The van der Waals surface area contributed by atoms with Crippen LogP contribution >= 0.6 is 0 Å². The normalized spacial score (nSPS) is 10.9. The highest BCUT2D eigenvalue weighted by Gasteiger charge is 2.28. The molecule has 0 aliphatic rings. The number of carbonyl (C=O) groups excluding carboxylic acids is 1. The summed E-state index contributed by atoms with van der Waals surface area (Å²) in [5.41, 5.74) is -0.603. The number of benzene rings is 1. The van der Waals surface area contributed by atoms with Crippen LogP contribution in [-0.4, -0.2) is 29.1 Å². The lowest BCUT2D eigenvalue weighted by Crippen LogP contribution is -2.51. The molecule has 104 valence electrons. The van der Waals surface area contributed by atoms with Crippen molar-refractivity contribution in [3.63, 3.8) is 0 Å². The fourth-order valence-electron chi connectivity index (χ4n) is 1.30. The van der Waals surface area contributed by atoms with Gasteiger partial charge in [-0.15, -0.1) is 0 Å². The number of carboxylic acids is 1. The maximum Gasteiger partial charge on any atom is 0.328 e. The Labute approximate surface area is 110 Å². The highest BCUT2D eigenvalue weighted by atomic mass is 19.1. The lowest BCUT2D eigenvalue weighted by Gasteiger charge is -2.21. The van der Waals surface area contributed by atoms with Gasteiger partial charge in [-0.3, -0.25) is 4.79 Å². The summed E-state index contributed by atoms with van der Waals surface area (Å²) in [6, 6.07) is 4.28. The second kappa shape index (κ2) is 5.69. The minimum absolute atomic E-state index is 0.0386. The quantitative estimate of drug-likeness (QED) is 0.849. The third-order valence-corrected chi connectivity index (χ3v) is 2.43. The van der Waals surface area contributed by atoms with Crippen LogP contribution in [0.4, 0.5) is 4.39 Å². The molecular weight excluding hydrogens is 253 g/mol. The van der Waals surface area contributed by atoms with Gasteiger partial charge in [-0.25, -0.2) is 9.18 Å². The summed E-state index contributed by atoms with van der Waals surface area (Å²) >= 11 is 0. The number of nitrogens with one attached hydrogen (secondary N) is 1. The van der Waals surface area contributed by atoms with Crippen LogP contribution in [0.2, 0.25) is 0 Å². The first kappa shape index (κ1) is 14.9. The van der Waals surface area contributed by atoms with Crippen molar-refractivity contribution in [2.24, 2.45) is 0 Å². The van der Waals surface area contributed by atoms with E-state index in [0.717, 1.165) is 5.56 Å². The molecule has 0 aliphatic heterocycles. The molecule has 0 atom stereocenters. The number of aliphatic carboxylic acids is 1. The van der Waals surface area contributed by atoms with Gasteiger partial charge in [-0.1, -0.05) is 6.07 Å². The Hall–Kier alpha value is -2.11. The SMILES string of the molecule is Cc1ccc(F)c(OCC(=O)NC(C)(C)C(=O)O)c1. The number of amides is 1. The number of halogens is 1. The molecule has 0 bridgehead atoms. The molecule has 0 fully saturated rings. The average molecular weight is 269 g/mol. The zero-order valence-electron chi connectivity index (χ0n) is 11.0. The summed E-state index contributed by atoms with van der Waals surface area (Å²) in [6.07, 6.45) is 0. The molecule has 6 heteroatoms. The van der Waals surface area contributed by atoms with Crippen molar-refractivity contribution in [3.05, 3.63) is 29.6 Å². The number of rotatable bonds is 5. The van der Waals surface area contributed by atoms with Gasteiger partial charge in [0.2, 0.25) is 0 Å². The Bertz CT molecular complexity index is 499.